The van der Waals surface area contributed by atoms with Crippen LogP contribution in [0.25, 0.3) is 21.5 Å². The monoisotopic (exact) mass is 226 g/mol. The first-order valence-corrected chi connectivity index (χ1v) is 5.88. The van der Waals surface area contributed by atoms with E-state index in [2.05, 4.69) is 54.6 Å². The van der Waals surface area contributed by atoms with Gasteiger partial charge < -0.3 is 0 Å². The molecule has 3 aromatic carbocycles. The molecule has 0 radical (unpaired) electrons. The number of alkyl halides is 1. The molecule has 3 rings (SSSR count). The molecule has 0 atom stereocenters. The highest BCUT2D eigenvalue weighted by atomic mass is 35.5. The van der Waals surface area contributed by atoms with Gasteiger partial charge in [-0.1, -0.05) is 42.5 Å². The summed E-state index contributed by atoms with van der Waals surface area (Å²) in [4.78, 5) is 0. The highest BCUT2D eigenvalue weighted by Gasteiger charge is 2.01. The molecule has 0 fully saturated rings. The Bertz CT molecular complexity index is 656. The molecule has 0 bridgehead atoms. The van der Waals surface area contributed by atoms with E-state index in [9.17, 15) is 0 Å². The Hall–Kier alpha value is -1.53. The van der Waals surface area contributed by atoms with Crippen LogP contribution in [0.5, 0.6) is 0 Å². The first kappa shape index (κ1) is 9.68. The topological polar surface area (TPSA) is 0 Å². The van der Waals surface area contributed by atoms with E-state index in [0.29, 0.717) is 5.88 Å². The van der Waals surface area contributed by atoms with E-state index in [4.69, 9.17) is 11.6 Å². The van der Waals surface area contributed by atoms with Gasteiger partial charge in [-0.2, -0.15) is 0 Å². The number of fused-ring (bicyclic) bond motifs is 2. The van der Waals surface area contributed by atoms with Crippen molar-refractivity contribution < 1.29 is 0 Å². The predicted octanol–water partition coefficient (Wildman–Crippen LogP) is 4.73. The second-order valence-electron chi connectivity index (χ2n) is 3.97. The smallest absolute Gasteiger partial charge is 0.0480 e. The van der Waals surface area contributed by atoms with Gasteiger partial charge in [-0.05, 0) is 39.2 Å². The van der Waals surface area contributed by atoms with Crippen LogP contribution >= 0.6 is 11.6 Å². The Labute approximate surface area is 99.5 Å². The van der Waals surface area contributed by atoms with E-state index in [0.717, 1.165) is 0 Å². The van der Waals surface area contributed by atoms with Crippen molar-refractivity contribution in [3.8, 4) is 0 Å². The van der Waals surface area contributed by atoms with Crippen molar-refractivity contribution in [2.45, 2.75) is 5.88 Å². The molecule has 1 heteroatoms. The van der Waals surface area contributed by atoms with Crippen molar-refractivity contribution in [1.82, 2.24) is 0 Å². The average Bonchev–Trinajstić information content (AvgIpc) is 2.35. The van der Waals surface area contributed by atoms with Crippen molar-refractivity contribution in [3.05, 3.63) is 60.2 Å². The highest BCUT2D eigenvalue weighted by Crippen LogP contribution is 2.26. The third-order valence-corrected chi connectivity index (χ3v) is 3.27. The van der Waals surface area contributed by atoms with Crippen molar-refractivity contribution in [3.63, 3.8) is 0 Å². The quantitative estimate of drug-likeness (QED) is 0.416. The summed E-state index contributed by atoms with van der Waals surface area (Å²) in [5.41, 5.74) is 1.20. The summed E-state index contributed by atoms with van der Waals surface area (Å²) < 4.78 is 0. The molecule has 0 heterocycles. The lowest BCUT2D eigenvalue weighted by Gasteiger charge is -2.05. The molecule has 0 aromatic heterocycles. The third-order valence-electron chi connectivity index (χ3n) is 2.98. The minimum absolute atomic E-state index is 0.565. The molecule has 78 valence electrons. The molecule has 0 aliphatic rings. The molecule has 0 amide bonds. The van der Waals surface area contributed by atoms with E-state index in [1.54, 1.807) is 0 Å². The van der Waals surface area contributed by atoms with Gasteiger partial charge in [0, 0.05) is 5.88 Å². The van der Waals surface area contributed by atoms with Crippen LogP contribution in [0.2, 0.25) is 0 Å². The first-order valence-electron chi connectivity index (χ1n) is 5.35. The SMILES string of the molecule is ClCc1cccc2cc3ccccc3cc12. The summed E-state index contributed by atoms with van der Waals surface area (Å²) in [7, 11) is 0. The summed E-state index contributed by atoms with van der Waals surface area (Å²) in [6, 6.07) is 19.2. The summed E-state index contributed by atoms with van der Waals surface area (Å²) in [6.07, 6.45) is 0. The van der Waals surface area contributed by atoms with Gasteiger partial charge in [0.2, 0.25) is 0 Å². The fourth-order valence-corrected chi connectivity index (χ4v) is 2.38. The lowest BCUT2D eigenvalue weighted by atomic mass is 10.0. The Morgan fingerprint density at radius 2 is 1.44 bits per heavy atom. The summed E-state index contributed by atoms with van der Waals surface area (Å²) in [5, 5.41) is 5.07. The third kappa shape index (κ3) is 1.46. The lowest BCUT2D eigenvalue weighted by Crippen LogP contribution is -1.82. The number of hydrogen-bond donors (Lipinski definition) is 0. The molecule has 0 N–H and O–H groups in total. The maximum Gasteiger partial charge on any atom is 0.0480 e. The number of halogens is 1. The first-order chi connectivity index (χ1) is 7.88. The van der Waals surface area contributed by atoms with Crippen LogP contribution in [0.1, 0.15) is 5.56 Å². The molecule has 0 aliphatic carbocycles. The summed E-state index contributed by atoms with van der Waals surface area (Å²) >= 11 is 5.96. The Morgan fingerprint density at radius 3 is 2.19 bits per heavy atom. The predicted molar refractivity (Wildman–Crippen MR) is 71.0 cm³/mol. The van der Waals surface area contributed by atoms with Crippen LogP contribution in [0.4, 0.5) is 0 Å². The molecule has 0 saturated heterocycles. The van der Waals surface area contributed by atoms with Crippen molar-refractivity contribution in [2.75, 3.05) is 0 Å². The molecular formula is C15H11Cl. The molecule has 0 unspecified atom stereocenters. The van der Waals surface area contributed by atoms with E-state index in [1.807, 2.05) is 0 Å². The van der Waals surface area contributed by atoms with Crippen LogP contribution in [-0.2, 0) is 5.88 Å². The zero-order chi connectivity index (χ0) is 11.0. The van der Waals surface area contributed by atoms with Crippen molar-refractivity contribution >= 4 is 33.1 Å². The van der Waals surface area contributed by atoms with E-state index in [-0.39, 0.29) is 0 Å². The number of hydrogen-bond acceptors (Lipinski definition) is 0. The van der Waals surface area contributed by atoms with E-state index < -0.39 is 0 Å². The van der Waals surface area contributed by atoms with Gasteiger partial charge in [0.25, 0.3) is 0 Å². The Balaban J connectivity index is 2.46. The number of rotatable bonds is 1. The minimum Gasteiger partial charge on any atom is -0.122 e. The van der Waals surface area contributed by atoms with Crippen LogP contribution in [0, 0.1) is 0 Å². The molecule has 0 saturated carbocycles. The van der Waals surface area contributed by atoms with Gasteiger partial charge in [0.05, 0.1) is 0 Å². The number of benzene rings is 3. The lowest BCUT2D eigenvalue weighted by molar-refractivity contribution is 1.46. The van der Waals surface area contributed by atoms with E-state index >= 15 is 0 Å². The van der Waals surface area contributed by atoms with Crippen LogP contribution < -0.4 is 0 Å². The van der Waals surface area contributed by atoms with Crippen molar-refractivity contribution in [2.24, 2.45) is 0 Å². The van der Waals surface area contributed by atoms with Gasteiger partial charge in [0.15, 0.2) is 0 Å². The molecule has 0 spiro atoms. The molecule has 0 nitrogen and oxygen atoms in total. The average molecular weight is 227 g/mol. The Morgan fingerprint density at radius 1 is 0.750 bits per heavy atom. The second kappa shape index (κ2) is 3.80. The molecular weight excluding hydrogens is 216 g/mol. The zero-order valence-electron chi connectivity index (χ0n) is 8.78. The standard InChI is InChI=1S/C15H11Cl/c16-10-14-7-3-6-13-8-11-4-1-2-5-12(11)9-15(13)14/h1-9H,10H2. The van der Waals surface area contributed by atoms with Crippen LogP contribution in [0.3, 0.4) is 0 Å². The maximum absolute atomic E-state index is 5.96. The van der Waals surface area contributed by atoms with Crippen molar-refractivity contribution in [1.29, 1.82) is 0 Å². The van der Waals surface area contributed by atoms with Gasteiger partial charge >= 0.3 is 0 Å². The highest BCUT2D eigenvalue weighted by molar-refractivity contribution is 6.18. The van der Waals surface area contributed by atoms with Gasteiger partial charge in [-0.3, -0.25) is 0 Å². The maximum atomic E-state index is 5.96. The van der Waals surface area contributed by atoms with Crippen LogP contribution in [0.15, 0.2) is 54.6 Å². The molecule has 16 heavy (non-hydrogen) atoms. The van der Waals surface area contributed by atoms with Crippen LogP contribution in [-0.4, -0.2) is 0 Å². The molecule has 0 aliphatic heterocycles. The normalized spacial score (nSPS) is 11.1. The van der Waals surface area contributed by atoms with Gasteiger partial charge in [-0.25, -0.2) is 0 Å². The van der Waals surface area contributed by atoms with Gasteiger partial charge in [0.1, 0.15) is 0 Å². The summed E-state index contributed by atoms with van der Waals surface area (Å²) in [5.74, 6) is 0.565. The zero-order valence-corrected chi connectivity index (χ0v) is 9.54. The van der Waals surface area contributed by atoms with E-state index in [1.165, 1.54) is 27.1 Å². The summed E-state index contributed by atoms with van der Waals surface area (Å²) in [6.45, 7) is 0. The largest absolute Gasteiger partial charge is 0.122 e. The molecule has 3 aromatic rings. The minimum atomic E-state index is 0.565. The Kier molecular flexibility index (Phi) is 2.30. The fraction of sp³-hybridized carbons (Fsp3) is 0.0667. The fourth-order valence-electron chi connectivity index (χ4n) is 2.15. The second-order valence-corrected chi connectivity index (χ2v) is 4.24. The van der Waals surface area contributed by atoms with Gasteiger partial charge in [-0.15, -0.1) is 11.6 Å².